The van der Waals surface area contributed by atoms with Gasteiger partial charge in [0.2, 0.25) is 0 Å². The average molecular weight is 238 g/mol. The van der Waals surface area contributed by atoms with Crippen LogP contribution < -0.4 is 5.32 Å². The Balaban J connectivity index is 1.71. The molecule has 1 fully saturated rings. The van der Waals surface area contributed by atoms with Crippen LogP contribution in [0.1, 0.15) is 19.3 Å². The maximum Gasteiger partial charge on any atom is 0.161 e. The molecule has 1 aromatic rings. The summed E-state index contributed by atoms with van der Waals surface area (Å²) in [7, 11) is 0. The van der Waals surface area contributed by atoms with Gasteiger partial charge in [0.1, 0.15) is 0 Å². The third-order valence-corrected chi connectivity index (χ3v) is 4.87. The molecule has 2 atom stereocenters. The van der Waals surface area contributed by atoms with Gasteiger partial charge in [0.25, 0.3) is 0 Å². The lowest BCUT2D eigenvalue weighted by Crippen LogP contribution is -2.24. The fraction of sp³-hybridized carbons (Fsp3) is 0.545. The first kappa shape index (κ1) is 9.73. The summed E-state index contributed by atoms with van der Waals surface area (Å²) in [6.07, 6.45) is 4.04. The number of nitrogens with one attached hydrogen (secondary N) is 1. The number of aliphatic imine (C=N–C) groups is 1. The van der Waals surface area contributed by atoms with Crippen molar-refractivity contribution in [3.63, 3.8) is 0 Å². The Bertz CT molecular complexity index is 359. The molecule has 0 amide bonds. The van der Waals surface area contributed by atoms with E-state index in [1.165, 1.54) is 30.7 Å². The number of thiophene rings is 1. The Morgan fingerprint density at radius 2 is 2.40 bits per heavy atom. The summed E-state index contributed by atoms with van der Waals surface area (Å²) in [4.78, 5) is 4.79. The highest BCUT2D eigenvalue weighted by molar-refractivity contribution is 8.14. The molecule has 80 valence electrons. The van der Waals surface area contributed by atoms with Crippen LogP contribution in [-0.4, -0.2) is 17.0 Å². The smallest absolute Gasteiger partial charge is 0.161 e. The normalized spacial score (nSPS) is 29.7. The van der Waals surface area contributed by atoms with Gasteiger partial charge in [-0.05, 0) is 30.2 Å². The minimum Gasteiger partial charge on any atom is -0.334 e. The molecule has 1 N–H and O–H groups in total. The summed E-state index contributed by atoms with van der Waals surface area (Å²) in [5.41, 5.74) is 1.18. The SMILES string of the molecule is c1cc(NC2=NC3CCCC3CS2)cs1. The minimum atomic E-state index is 0.604. The van der Waals surface area contributed by atoms with Gasteiger partial charge < -0.3 is 5.32 Å². The van der Waals surface area contributed by atoms with Crippen LogP contribution >= 0.6 is 23.1 Å². The molecule has 15 heavy (non-hydrogen) atoms. The van der Waals surface area contributed by atoms with Gasteiger partial charge in [0.05, 0.1) is 11.7 Å². The van der Waals surface area contributed by atoms with E-state index in [-0.39, 0.29) is 0 Å². The fourth-order valence-electron chi connectivity index (χ4n) is 2.28. The highest BCUT2D eigenvalue weighted by atomic mass is 32.2. The Kier molecular flexibility index (Phi) is 2.71. The molecule has 0 bridgehead atoms. The summed E-state index contributed by atoms with van der Waals surface area (Å²) >= 11 is 3.60. The van der Waals surface area contributed by atoms with E-state index in [1.54, 1.807) is 11.3 Å². The van der Waals surface area contributed by atoms with Gasteiger partial charge in [0, 0.05) is 11.1 Å². The lowest BCUT2D eigenvalue weighted by molar-refractivity contribution is 0.535. The minimum absolute atomic E-state index is 0.604. The summed E-state index contributed by atoms with van der Waals surface area (Å²) in [5.74, 6) is 2.10. The van der Waals surface area contributed by atoms with Gasteiger partial charge in [-0.25, -0.2) is 0 Å². The molecule has 1 saturated carbocycles. The summed E-state index contributed by atoms with van der Waals surface area (Å²) in [5, 5.41) is 8.74. The van der Waals surface area contributed by atoms with Crippen LogP contribution in [0.5, 0.6) is 0 Å². The zero-order valence-corrected chi connectivity index (χ0v) is 10.1. The molecule has 2 unspecified atom stereocenters. The lowest BCUT2D eigenvalue weighted by atomic mass is 10.1. The third-order valence-electron chi connectivity index (χ3n) is 3.11. The maximum absolute atomic E-state index is 4.79. The van der Waals surface area contributed by atoms with Gasteiger partial charge in [-0.1, -0.05) is 18.2 Å². The van der Waals surface area contributed by atoms with Crippen molar-refractivity contribution >= 4 is 34.0 Å². The quantitative estimate of drug-likeness (QED) is 0.810. The van der Waals surface area contributed by atoms with E-state index in [9.17, 15) is 0 Å². The molecule has 4 heteroatoms. The lowest BCUT2D eigenvalue weighted by Gasteiger charge is -2.23. The van der Waals surface area contributed by atoms with Crippen LogP contribution in [0.15, 0.2) is 21.8 Å². The third kappa shape index (κ3) is 2.06. The van der Waals surface area contributed by atoms with E-state index in [1.807, 2.05) is 11.8 Å². The van der Waals surface area contributed by atoms with E-state index in [4.69, 9.17) is 4.99 Å². The highest BCUT2D eigenvalue weighted by Crippen LogP contribution is 2.35. The second-order valence-corrected chi connectivity index (χ2v) is 5.93. The van der Waals surface area contributed by atoms with Crippen LogP contribution in [-0.2, 0) is 0 Å². The van der Waals surface area contributed by atoms with Crippen molar-refractivity contribution in [1.29, 1.82) is 0 Å². The van der Waals surface area contributed by atoms with E-state index in [0.29, 0.717) is 6.04 Å². The molecule has 0 aromatic carbocycles. The molecule has 3 rings (SSSR count). The Labute approximate surface area is 98.2 Å². The van der Waals surface area contributed by atoms with Crippen molar-refractivity contribution in [3.8, 4) is 0 Å². The van der Waals surface area contributed by atoms with Crippen LogP contribution in [0.2, 0.25) is 0 Å². The Morgan fingerprint density at radius 3 is 3.27 bits per heavy atom. The van der Waals surface area contributed by atoms with Crippen LogP contribution in [0.4, 0.5) is 5.69 Å². The number of hydrogen-bond acceptors (Lipinski definition) is 4. The number of thioether (sulfide) groups is 1. The van der Waals surface area contributed by atoms with E-state index < -0.39 is 0 Å². The zero-order chi connectivity index (χ0) is 10.1. The average Bonchev–Trinajstić information content (AvgIpc) is 2.87. The summed E-state index contributed by atoms with van der Waals surface area (Å²) in [6.45, 7) is 0. The molecule has 1 aliphatic carbocycles. The Hall–Kier alpha value is -0.480. The first-order valence-corrected chi connectivity index (χ1v) is 7.34. The van der Waals surface area contributed by atoms with Crippen molar-refractivity contribution in [2.24, 2.45) is 10.9 Å². The van der Waals surface area contributed by atoms with Gasteiger partial charge in [0.15, 0.2) is 5.17 Å². The van der Waals surface area contributed by atoms with Gasteiger partial charge in [-0.15, -0.1) is 0 Å². The van der Waals surface area contributed by atoms with Crippen LogP contribution in [0.25, 0.3) is 0 Å². The van der Waals surface area contributed by atoms with E-state index >= 15 is 0 Å². The monoisotopic (exact) mass is 238 g/mol. The molecule has 0 radical (unpaired) electrons. The van der Waals surface area contributed by atoms with Gasteiger partial charge in [-0.2, -0.15) is 11.3 Å². The molecular weight excluding hydrogens is 224 g/mol. The molecule has 2 heterocycles. The summed E-state index contributed by atoms with van der Waals surface area (Å²) < 4.78 is 0. The zero-order valence-electron chi connectivity index (χ0n) is 8.48. The van der Waals surface area contributed by atoms with E-state index in [2.05, 4.69) is 22.1 Å². The topological polar surface area (TPSA) is 24.4 Å². The molecule has 2 aliphatic rings. The molecule has 1 aromatic heterocycles. The maximum atomic E-state index is 4.79. The number of amidine groups is 1. The van der Waals surface area contributed by atoms with Gasteiger partial charge in [-0.3, -0.25) is 4.99 Å². The predicted molar refractivity (Wildman–Crippen MR) is 69.0 cm³/mol. The summed E-state index contributed by atoms with van der Waals surface area (Å²) in [6, 6.07) is 2.71. The standard InChI is InChI=1S/C11H14N2S2/c1-2-8-6-15-11(13-10(8)3-1)12-9-4-5-14-7-9/h4-5,7-8,10H,1-3,6H2,(H,12,13). The molecule has 0 spiro atoms. The molecular formula is C11H14N2S2. The first-order chi connectivity index (χ1) is 7.42. The largest absolute Gasteiger partial charge is 0.334 e. The first-order valence-electron chi connectivity index (χ1n) is 5.41. The van der Waals surface area contributed by atoms with Crippen molar-refractivity contribution in [3.05, 3.63) is 16.8 Å². The highest BCUT2D eigenvalue weighted by Gasteiger charge is 2.30. The number of hydrogen-bond donors (Lipinski definition) is 1. The predicted octanol–water partition coefficient (Wildman–Crippen LogP) is 3.43. The van der Waals surface area contributed by atoms with Crippen molar-refractivity contribution in [1.82, 2.24) is 0 Å². The van der Waals surface area contributed by atoms with Gasteiger partial charge >= 0.3 is 0 Å². The second kappa shape index (κ2) is 4.18. The fourth-order valence-corrected chi connectivity index (χ4v) is 4.03. The molecule has 0 saturated heterocycles. The molecule has 2 nitrogen and oxygen atoms in total. The Morgan fingerprint density at radius 1 is 1.40 bits per heavy atom. The van der Waals surface area contributed by atoms with Crippen LogP contribution in [0, 0.1) is 5.92 Å². The number of nitrogens with zero attached hydrogens (tertiary/aromatic N) is 1. The second-order valence-electron chi connectivity index (χ2n) is 4.14. The van der Waals surface area contributed by atoms with Crippen molar-refractivity contribution in [2.75, 3.05) is 11.1 Å². The van der Waals surface area contributed by atoms with Crippen LogP contribution in [0.3, 0.4) is 0 Å². The number of fused-ring (bicyclic) bond motifs is 1. The van der Waals surface area contributed by atoms with Crippen molar-refractivity contribution in [2.45, 2.75) is 25.3 Å². The molecule has 1 aliphatic heterocycles. The number of rotatable bonds is 1. The number of anilines is 1. The van der Waals surface area contributed by atoms with E-state index in [0.717, 1.165) is 11.1 Å². The van der Waals surface area contributed by atoms with Crippen molar-refractivity contribution < 1.29 is 0 Å².